The second-order valence-corrected chi connectivity index (χ2v) is 4.82. The van der Waals surface area contributed by atoms with Crippen LogP contribution in [0.1, 0.15) is 12.8 Å². The number of ether oxygens (including phenoxy) is 1. The largest absolute Gasteiger partial charge is 0.381 e. The van der Waals surface area contributed by atoms with Gasteiger partial charge in [-0.05, 0) is 30.2 Å². The number of hydrogen-bond acceptors (Lipinski definition) is 3. The van der Waals surface area contributed by atoms with Crippen molar-refractivity contribution in [3.05, 3.63) is 36.5 Å². The molecule has 94 valence electrons. The Morgan fingerprint density at radius 1 is 1.17 bits per heavy atom. The predicted molar refractivity (Wildman–Crippen MR) is 73.8 cm³/mol. The molecule has 1 aromatic heterocycles. The maximum Gasteiger partial charge on any atom is 0.133 e. The third kappa shape index (κ3) is 2.46. The first kappa shape index (κ1) is 11.5. The predicted octanol–water partition coefficient (Wildman–Crippen LogP) is 3.07. The number of nitrogens with one attached hydrogen (secondary N) is 1. The molecule has 3 heteroatoms. The second kappa shape index (κ2) is 5.36. The lowest BCUT2D eigenvalue weighted by Gasteiger charge is -2.22. The van der Waals surface area contributed by atoms with Crippen molar-refractivity contribution in [2.24, 2.45) is 5.92 Å². The molecule has 1 aromatic carbocycles. The molecule has 3 rings (SSSR count). The summed E-state index contributed by atoms with van der Waals surface area (Å²) >= 11 is 0. The Balaban J connectivity index is 1.74. The van der Waals surface area contributed by atoms with Gasteiger partial charge in [0.25, 0.3) is 0 Å². The van der Waals surface area contributed by atoms with E-state index in [-0.39, 0.29) is 0 Å². The van der Waals surface area contributed by atoms with Crippen LogP contribution in [0.2, 0.25) is 0 Å². The first-order valence-corrected chi connectivity index (χ1v) is 6.59. The number of aromatic nitrogens is 1. The number of fused-ring (bicyclic) bond motifs is 1. The number of anilines is 1. The SMILES string of the molecule is c1ccc2c(NCC3CCOCC3)nccc2c1. The van der Waals surface area contributed by atoms with E-state index in [9.17, 15) is 0 Å². The average molecular weight is 242 g/mol. The molecule has 1 aliphatic heterocycles. The van der Waals surface area contributed by atoms with Gasteiger partial charge in [0.05, 0.1) is 0 Å². The van der Waals surface area contributed by atoms with E-state index in [0.717, 1.165) is 38.4 Å². The van der Waals surface area contributed by atoms with Crippen molar-refractivity contribution in [3.8, 4) is 0 Å². The fourth-order valence-corrected chi connectivity index (χ4v) is 2.45. The fraction of sp³-hybridized carbons (Fsp3) is 0.400. The van der Waals surface area contributed by atoms with Gasteiger partial charge in [-0.1, -0.05) is 24.3 Å². The fourth-order valence-electron chi connectivity index (χ4n) is 2.45. The quantitative estimate of drug-likeness (QED) is 0.898. The van der Waals surface area contributed by atoms with E-state index in [2.05, 4.69) is 40.6 Å². The molecule has 1 saturated heterocycles. The van der Waals surface area contributed by atoms with Crippen molar-refractivity contribution in [3.63, 3.8) is 0 Å². The zero-order valence-corrected chi connectivity index (χ0v) is 10.4. The topological polar surface area (TPSA) is 34.1 Å². The van der Waals surface area contributed by atoms with Crippen LogP contribution in [0, 0.1) is 5.92 Å². The minimum atomic E-state index is 0.708. The Kier molecular flexibility index (Phi) is 3.42. The van der Waals surface area contributed by atoms with Crippen molar-refractivity contribution >= 4 is 16.6 Å². The Morgan fingerprint density at radius 2 is 2.00 bits per heavy atom. The molecule has 0 amide bonds. The van der Waals surface area contributed by atoms with Crippen LogP contribution >= 0.6 is 0 Å². The average Bonchev–Trinajstić information content (AvgIpc) is 2.46. The normalized spacial score (nSPS) is 16.9. The van der Waals surface area contributed by atoms with Gasteiger partial charge in [0, 0.05) is 31.3 Å². The van der Waals surface area contributed by atoms with Crippen LogP contribution in [0.25, 0.3) is 10.8 Å². The van der Waals surface area contributed by atoms with Crippen molar-refractivity contribution in [1.82, 2.24) is 4.98 Å². The van der Waals surface area contributed by atoms with Crippen molar-refractivity contribution < 1.29 is 4.74 Å². The molecule has 1 fully saturated rings. The Labute approximate surface area is 107 Å². The molecular formula is C15H18N2O. The van der Waals surface area contributed by atoms with Gasteiger partial charge >= 0.3 is 0 Å². The molecule has 0 bridgehead atoms. The van der Waals surface area contributed by atoms with Gasteiger partial charge in [-0.15, -0.1) is 0 Å². The summed E-state index contributed by atoms with van der Waals surface area (Å²) in [5.41, 5.74) is 0. The number of pyridine rings is 1. The van der Waals surface area contributed by atoms with Gasteiger partial charge in [0.2, 0.25) is 0 Å². The highest BCUT2D eigenvalue weighted by Gasteiger charge is 2.13. The highest BCUT2D eigenvalue weighted by molar-refractivity contribution is 5.91. The number of benzene rings is 1. The molecule has 0 radical (unpaired) electrons. The third-order valence-corrected chi connectivity index (χ3v) is 3.57. The van der Waals surface area contributed by atoms with E-state index >= 15 is 0 Å². The Morgan fingerprint density at radius 3 is 2.89 bits per heavy atom. The molecule has 0 unspecified atom stereocenters. The number of nitrogens with zero attached hydrogens (tertiary/aromatic N) is 1. The number of hydrogen-bond donors (Lipinski definition) is 1. The molecule has 18 heavy (non-hydrogen) atoms. The molecule has 0 aliphatic carbocycles. The molecule has 0 atom stereocenters. The van der Waals surface area contributed by atoms with Crippen molar-refractivity contribution in [1.29, 1.82) is 0 Å². The van der Waals surface area contributed by atoms with Gasteiger partial charge < -0.3 is 10.1 Å². The third-order valence-electron chi connectivity index (χ3n) is 3.57. The molecule has 2 heterocycles. The zero-order valence-electron chi connectivity index (χ0n) is 10.4. The summed E-state index contributed by atoms with van der Waals surface area (Å²) in [6.45, 7) is 2.79. The van der Waals surface area contributed by atoms with Crippen LogP contribution < -0.4 is 5.32 Å². The summed E-state index contributed by atoms with van der Waals surface area (Å²) in [6, 6.07) is 10.4. The van der Waals surface area contributed by atoms with E-state index in [1.54, 1.807) is 0 Å². The maximum atomic E-state index is 5.38. The van der Waals surface area contributed by atoms with Gasteiger partial charge in [-0.2, -0.15) is 0 Å². The van der Waals surface area contributed by atoms with Crippen LogP contribution in [-0.2, 0) is 4.74 Å². The first-order valence-electron chi connectivity index (χ1n) is 6.59. The summed E-state index contributed by atoms with van der Waals surface area (Å²) in [6.07, 6.45) is 4.17. The molecular weight excluding hydrogens is 224 g/mol. The van der Waals surface area contributed by atoms with E-state index in [0.29, 0.717) is 5.92 Å². The van der Waals surface area contributed by atoms with E-state index in [1.165, 1.54) is 10.8 Å². The lowest BCUT2D eigenvalue weighted by molar-refractivity contribution is 0.0699. The van der Waals surface area contributed by atoms with Gasteiger partial charge in [0.1, 0.15) is 5.82 Å². The van der Waals surface area contributed by atoms with Crippen LogP contribution in [0.3, 0.4) is 0 Å². The zero-order chi connectivity index (χ0) is 12.2. The molecule has 1 N–H and O–H groups in total. The summed E-state index contributed by atoms with van der Waals surface area (Å²) in [4.78, 5) is 4.45. The summed E-state index contributed by atoms with van der Waals surface area (Å²) < 4.78 is 5.38. The van der Waals surface area contributed by atoms with Crippen LogP contribution in [0.5, 0.6) is 0 Å². The summed E-state index contributed by atoms with van der Waals surface area (Å²) in [5.74, 6) is 1.71. The highest BCUT2D eigenvalue weighted by Crippen LogP contribution is 2.22. The van der Waals surface area contributed by atoms with Crippen molar-refractivity contribution in [2.75, 3.05) is 25.1 Å². The maximum absolute atomic E-state index is 5.38. The molecule has 3 nitrogen and oxygen atoms in total. The van der Waals surface area contributed by atoms with Crippen LogP contribution in [-0.4, -0.2) is 24.7 Å². The smallest absolute Gasteiger partial charge is 0.133 e. The molecule has 2 aromatic rings. The highest BCUT2D eigenvalue weighted by atomic mass is 16.5. The lowest BCUT2D eigenvalue weighted by Crippen LogP contribution is -2.22. The standard InChI is InChI=1S/C15H18N2O/c1-2-4-14-13(3-1)5-8-16-15(14)17-11-12-6-9-18-10-7-12/h1-5,8,12H,6-7,9-11H2,(H,16,17). The molecule has 1 aliphatic rings. The molecule has 0 saturated carbocycles. The summed E-state index contributed by atoms with van der Waals surface area (Å²) in [5, 5.41) is 5.93. The van der Waals surface area contributed by atoms with Crippen molar-refractivity contribution in [2.45, 2.75) is 12.8 Å². The van der Waals surface area contributed by atoms with Gasteiger partial charge in [-0.25, -0.2) is 4.98 Å². The molecule has 0 spiro atoms. The van der Waals surface area contributed by atoms with E-state index < -0.39 is 0 Å². The summed E-state index contributed by atoms with van der Waals surface area (Å²) in [7, 11) is 0. The van der Waals surface area contributed by atoms with Crippen LogP contribution in [0.4, 0.5) is 5.82 Å². The first-order chi connectivity index (χ1) is 8.93. The Bertz CT molecular complexity index is 515. The lowest BCUT2D eigenvalue weighted by atomic mass is 10.0. The van der Waals surface area contributed by atoms with Gasteiger partial charge in [0.15, 0.2) is 0 Å². The Hall–Kier alpha value is -1.61. The number of rotatable bonds is 3. The monoisotopic (exact) mass is 242 g/mol. The van der Waals surface area contributed by atoms with E-state index in [4.69, 9.17) is 4.74 Å². The van der Waals surface area contributed by atoms with Gasteiger partial charge in [-0.3, -0.25) is 0 Å². The second-order valence-electron chi connectivity index (χ2n) is 4.82. The minimum absolute atomic E-state index is 0.708. The van der Waals surface area contributed by atoms with Crippen LogP contribution in [0.15, 0.2) is 36.5 Å². The minimum Gasteiger partial charge on any atom is -0.381 e. The van der Waals surface area contributed by atoms with E-state index in [1.807, 2.05) is 6.20 Å².